The Bertz CT molecular complexity index is 604. The van der Waals surface area contributed by atoms with E-state index in [0.29, 0.717) is 0 Å². The first-order valence-corrected chi connectivity index (χ1v) is 9.28. The third-order valence-electron chi connectivity index (χ3n) is 4.40. The van der Waals surface area contributed by atoms with Crippen molar-refractivity contribution in [3.63, 3.8) is 0 Å². The molecule has 0 unspecified atom stereocenters. The Morgan fingerprint density at radius 3 is 2.42 bits per heavy atom. The van der Waals surface area contributed by atoms with Gasteiger partial charge in [0.25, 0.3) is 0 Å². The van der Waals surface area contributed by atoms with Gasteiger partial charge in [0, 0.05) is 12.2 Å². The molecule has 0 fully saturated rings. The van der Waals surface area contributed by atoms with Crippen molar-refractivity contribution in [2.45, 2.75) is 59.4 Å². The van der Waals surface area contributed by atoms with Crippen molar-refractivity contribution in [1.82, 2.24) is 0 Å². The molecule has 0 radical (unpaired) electrons. The molecule has 2 aromatic carbocycles. The van der Waals surface area contributed by atoms with Crippen LogP contribution in [0.3, 0.4) is 0 Å². The average Bonchev–Trinajstić information content (AvgIpc) is 2.61. The second-order valence-corrected chi connectivity index (χ2v) is 6.37. The largest absolute Gasteiger partial charge is 0.494 e. The lowest BCUT2D eigenvalue weighted by atomic mass is 10.1. The Hall–Kier alpha value is -1.96. The summed E-state index contributed by atoms with van der Waals surface area (Å²) in [6.45, 7) is 8.26. The van der Waals surface area contributed by atoms with Crippen LogP contribution in [0.2, 0.25) is 0 Å². The number of hydrogen-bond acceptors (Lipinski definition) is 2. The second-order valence-electron chi connectivity index (χ2n) is 6.37. The van der Waals surface area contributed by atoms with Crippen LogP contribution < -0.4 is 10.1 Å². The molecule has 0 heterocycles. The Morgan fingerprint density at radius 1 is 0.917 bits per heavy atom. The summed E-state index contributed by atoms with van der Waals surface area (Å²) in [5.41, 5.74) is 5.23. The Morgan fingerprint density at radius 2 is 1.71 bits per heavy atom. The number of hydrogen-bond donors (Lipinski definition) is 1. The summed E-state index contributed by atoms with van der Waals surface area (Å²) in [4.78, 5) is 0. The SMILES string of the molecule is CCCCCCOc1ccc(CNc2c(C)cccc2CC)cc1. The van der Waals surface area contributed by atoms with Crippen LogP contribution in [0.4, 0.5) is 5.69 Å². The van der Waals surface area contributed by atoms with Gasteiger partial charge in [-0.25, -0.2) is 0 Å². The van der Waals surface area contributed by atoms with E-state index in [1.807, 2.05) is 0 Å². The fourth-order valence-electron chi connectivity index (χ4n) is 2.89. The van der Waals surface area contributed by atoms with Crippen LogP contribution in [0.25, 0.3) is 0 Å². The molecule has 0 spiro atoms. The van der Waals surface area contributed by atoms with Gasteiger partial charge in [0.1, 0.15) is 5.75 Å². The Kier molecular flexibility index (Phi) is 7.67. The summed E-state index contributed by atoms with van der Waals surface area (Å²) in [5, 5.41) is 3.59. The second kappa shape index (κ2) is 10.0. The molecule has 0 amide bonds. The number of aryl methyl sites for hydroxylation is 2. The number of benzene rings is 2. The summed E-state index contributed by atoms with van der Waals surface area (Å²) >= 11 is 0. The van der Waals surface area contributed by atoms with Gasteiger partial charge in [0.05, 0.1) is 6.61 Å². The van der Waals surface area contributed by atoms with Crippen molar-refractivity contribution in [3.8, 4) is 5.75 Å². The molecular weight excluding hydrogens is 294 g/mol. The van der Waals surface area contributed by atoms with Gasteiger partial charge in [-0.2, -0.15) is 0 Å². The molecule has 2 heteroatoms. The van der Waals surface area contributed by atoms with E-state index in [1.54, 1.807) is 0 Å². The van der Waals surface area contributed by atoms with Crippen LogP contribution in [0.5, 0.6) is 5.75 Å². The third kappa shape index (κ3) is 5.59. The molecule has 2 aromatic rings. The van der Waals surface area contributed by atoms with Crippen LogP contribution in [0, 0.1) is 6.92 Å². The molecule has 0 saturated heterocycles. The first-order chi connectivity index (χ1) is 11.7. The van der Waals surface area contributed by atoms with E-state index in [2.05, 4.69) is 68.6 Å². The van der Waals surface area contributed by atoms with Crippen molar-refractivity contribution in [3.05, 3.63) is 59.2 Å². The predicted molar refractivity (Wildman–Crippen MR) is 104 cm³/mol. The molecule has 130 valence electrons. The van der Waals surface area contributed by atoms with E-state index in [1.165, 1.54) is 41.6 Å². The lowest BCUT2D eigenvalue weighted by Gasteiger charge is -2.14. The van der Waals surface area contributed by atoms with Crippen LogP contribution in [-0.4, -0.2) is 6.61 Å². The van der Waals surface area contributed by atoms with Crippen LogP contribution in [-0.2, 0) is 13.0 Å². The normalized spacial score (nSPS) is 10.6. The van der Waals surface area contributed by atoms with Crippen molar-refractivity contribution >= 4 is 5.69 Å². The molecule has 1 N–H and O–H groups in total. The minimum atomic E-state index is 0.820. The zero-order valence-corrected chi connectivity index (χ0v) is 15.4. The minimum absolute atomic E-state index is 0.820. The lowest BCUT2D eigenvalue weighted by Crippen LogP contribution is -2.04. The molecular formula is C22H31NO. The molecule has 0 aliphatic rings. The average molecular weight is 325 g/mol. The Labute approximate surface area is 147 Å². The van der Waals surface area contributed by atoms with Gasteiger partial charge in [-0.3, -0.25) is 0 Å². The highest BCUT2D eigenvalue weighted by molar-refractivity contribution is 5.57. The maximum Gasteiger partial charge on any atom is 0.119 e. The fourth-order valence-corrected chi connectivity index (χ4v) is 2.89. The summed E-state index contributed by atoms with van der Waals surface area (Å²) in [6.07, 6.45) is 6.02. The molecule has 0 aromatic heterocycles. The number of anilines is 1. The maximum absolute atomic E-state index is 5.81. The van der Waals surface area contributed by atoms with Gasteiger partial charge < -0.3 is 10.1 Å². The van der Waals surface area contributed by atoms with Gasteiger partial charge in [0.2, 0.25) is 0 Å². The van der Waals surface area contributed by atoms with Gasteiger partial charge in [-0.05, 0) is 48.6 Å². The zero-order chi connectivity index (χ0) is 17.2. The van der Waals surface area contributed by atoms with E-state index in [4.69, 9.17) is 4.74 Å². The van der Waals surface area contributed by atoms with E-state index in [9.17, 15) is 0 Å². The molecule has 0 saturated carbocycles. The van der Waals surface area contributed by atoms with Crippen molar-refractivity contribution in [2.24, 2.45) is 0 Å². The van der Waals surface area contributed by atoms with Crippen molar-refractivity contribution in [1.29, 1.82) is 0 Å². The van der Waals surface area contributed by atoms with Crippen molar-refractivity contribution in [2.75, 3.05) is 11.9 Å². The summed E-state index contributed by atoms with van der Waals surface area (Å²) < 4.78 is 5.81. The van der Waals surface area contributed by atoms with E-state index < -0.39 is 0 Å². The van der Waals surface area contributed by atoms with Crippen LogP contribution >= 0.6 is 0 Å². The van der Waals surface area contributed by atoms with E-state index in [-0.39, 0.29) is 0 Å². The molecule has 2 nitrogen and oxygen atoms in total. The highest BCUT2D eigenvalue weighted by Crippen LogP contribution is 2.22. The number of unbranched alkanes of at least 4 members (excludes halogenated alkanes) is 3. The number of para-hydroxylation sites is 1. The van der Waals surface area contributed by atoms with Gasteiger partial charge in [0.15, 0.2) is 0 Å². The molecule has 0 aliphatic carbocycles. The monoisotopic (exact) mass is 325 g/mol. The molecule has 2 rings (SSSR count). The van der Waals surface area contributed by atoms with Gasteiger partial charge in [-0.1, -0.05) is 63.4 Å². The molecule has 0 bridgehead atoms. The van der Waals surface area contributed by atoms with E-state index in [0.717, 1.165) is 31.7 Å². The standard InChI is InChI=1S/C22H31NO/c1-4-6-7-8-16-24-21-14-12-19(13-15-21)17-23-22-18(3)10-9-11-20(22)5-2/h9-15,23H,4-8,16-17H2,1-3H3. The number of ether oxygens (including phenoxy) is 1. The highest BCUT2D eigenvalue weighted by atomic mass is 16.5. The first kappa shape index (κ1) is 18.4. The lowest BCUT2D eigenvalue weighted by molar-refractivity contribution is 0.305. The van der Waals surface area contributed by atoms with Gasteiger partial charge >= 0.3 is 0 Å². The van der Waals surface area contributed by atoms with Crippen LogP contribution in [0.1, 0.15) is 56.2 Å². The van der Waals surface area contributed by atoms with E-state index >= 15 is 0 Å². The summed E-state index contributed by atoms with van der Waals surface area (Å²) in [5.74, 6) is 0.973. The number of nitrogens with one attached hydrogen (secondary N) is 1. The summed E-state index contributed by atoms with van der Waals surface area (Å²) in [6, 6.07) is 15.0. The Balaban J connectivity index is 1.84. The first-order valence-electron chi connectivity index (χ1n) is 9.28. The predicted octanol–water partition coefficient (Wildman–Crippen LogP) is 6.13. The van der Waals surface area contributed by atoms with Crippen molar-refractivity contribution < 1.29 is 4.74 Å². The minimum Gasteiger partial charge on any atom is -0.494 e. The highest BCUT2D eigenvalue weighted by Gasteiger charge is 2.04. The molecule has 0 atom stereocenters. The fraction of sp³-hybridized carbons (Fsp3) is 0.455. The summed E-state index contributed by atoms with van der Waals surface area (Å²) in [7, 11) is 0. The zero-order valence-electron chi connectivity index (χ0n) is 15.4. The van der Waals surface area contributed by atoms with Gasteiger partial charge in [-0.15, -0.1) is 0 Å². The van der Waals surface area contributed by atoms with Crippen LogP contribution in [0.15, 0.2) is 42.5 Å². The quantitative estimate of drug-likeness (QED) is 0.531. The third-order valence-corrected chi connectivity index (χ3v) is 4.40. The number of rotatable bonds is 10. The molecule has 0 aliphatic heterocycles. The molecule has 24 heavy (non-hydrogen) atoms. The topological polar surface area (TPSA) is 21.3 Å². The smallest absolute Gasteiger partial charge is 0.119 e. The maximum atomic E-state index is 5.81.